The second kappa shape index (κ2) is 4.22. The van der Waals surface area contributed by atoms with E-state index in [-0.39, 0.29) is 17.6 Å². The number of hydrogen-bond acceptors (Lipinski definition) is 3. The van der Waals surface area contributed by atoms with Gasteiger partial charge in [0.05, 0.1) is 7.11 Å². The van der Waals surface area contributed by atoms with E-state index in [1.54, 1.807) is 7.11 Å². The van der Waals surface area contributed by atoms with Crippen LogP contribution >= 0.6 is 0 Å². The lowest BCUT2D eigenvalue weighted by molar-refractivity contribution is 0.0580. The van der Waals surface area contributed by atoms with Gasteiger partial charge in [-0.1, -0.05) is 20.8 Å². The summed E-state index contributed by atoms with van der Waals surface area (Å²) in [5.41, 5.74) is 7.37. The molecule has 0 spiro atoms. The van der Waals surface area contributed by atoms with Crippen LogP contribution in [0.3, 0.4) is 0 Å². The highest BCUT2D eigenvalue weighted by Gasteiger charge is 2.34. The van der Waals surface area contributed by atoms with Gasteiger partial charge in [0, 0.05) is 18.0 Å². The summed E-state index contributed by atoms with van der Waals surface area (Å²) < 4.78 is 11.2. The van der Waals surface area contributed by atoms with Crippen molar-refractivity contribution >= 4 is 0 Å². The van der Waals surface area contributed by atoms with Gasteiger partial charge in [-0.25, -0.2) is 0 Å². The Kier molecular flexibility index (Phi) is 3.04. The number of methoxy groups -OCH3 is 1. The number of benzene rings is 1. The molecule has 0 aliphatic carbocycles. The second-order valence-corrected chi connectivity index (χ2v) is 5.72. The molecule has 94 valence electrons. The van der Waals surface area contributed by atoms with E-state index in [9.17, 15) is 0 Å². The van der Waals surface area contributed by atoms with Crippen LogP contribution in [0.4, 0.5) is 0 Å². The van der Waals surface area contributed by atoms with Crippen LogP contribution in [0, 0.1) is 5.41 Å². The predicted molar refractivity (Wildman–Crippen MR) is 68.4 cm³/mol. The van der Waals surface area contributed by atoms with Crippen LogP contribution in [0.2, 0.25) is 0 Å². The first kappa shape index (κ1) is 12.2. The first-order valence-electron chi connectivity index (χ1n) is 6.02. The molecule has 0 aromatic heterocycles. The minimum atomic E-state index is 0.0260. The quantitative estimate of drug-likeness (QED) is 0.814. The number of nitrogens with two attached hydrogens (primary N) is 1. The van der Waals surface area contributed by atoms with Crippen molar-refractivity contribution in [1.29, 1.82) is 0 Å². The van der Waals surface area contributed by atoms with Crippen molar-refractivity contribution in [2.75, 3.05) is 7.11 Å². The number of hydrogen-bond donors (Lipinski definition) is 1. The van der Waals surface area contributed by atoms with Gasteiger partial charge in [0.25, 0.3) is 0 Å². The summed E-state index contributed by atoms with van der Waals surface area (Å²) in [5, 5.41) is 0. The molecule has 0 bridgehead atoms. The minimum Gasteiger partial charge on any atom is -0.497 e. The molecule has 2 atom stereocenters. The SMILES string of the molecule is COc1ccc2c(c1)[C@@H](N)CC(C(C)(C)C)O2. The van der Waals surface area contributed by atoms with E-state index in [0.29, 0.717) is 0 Å². The van der Waals surface area contributed by atoms with E-state index < -0.39 is 0 Å². The molecular weight excluding hydrogens is 214 g/mol. The number of fused-ring (bicyclic) bond motifs is 1. The summed E-state index contributed by atoms with van der Waals surface area (Å²) in [6.07, 6.45) is 1.02. The van der Waals surface area contributed by atoms with Crippen LogP contribution in [-0.2, 0) is 0 Å². The molecule has 1 aromatic rings. The van der Waals surface area contributed by atoms with Crippen LogP contribution < -0.4 is 15.2 Å². The predicted octanol–water partition coefficient (Wildman–Crippen LogP) is 2.89. The molecule has 1 heterocycles. The third kappa shape index (κ3) is 2.39. The Morgan fingerprint density at radius 1 is 1.35 bits per heavy atom. The highest BCUT2D eigenvalue weighted by Crippen LogP contribution is 2.40. The Morgan fingerprint density at radius 2 is 2.06 bits per heavy atom. The Hall–Kier alpha value is -1.22. The van der Waals surface area contributed by atoms with Crippen LogP contribution in [0.25, 0.3) is 0 Å². The van der Waals surface area contributed by atoms with Gasteiger partial charge in [-0.3, -0.25) is 0 Å². The van der Waals surface area contributed by atoms with Crippen molar-refractivity contribution in [2.24, 2.45) is 11.1 Å². The lowest BCUT2D eigenvalue weighted by Gasteiger charge is -2.38. The van der Waals surface area contributed by atoms with Gasteiger partial charge >= 0.3 is 0 Å². The third-order valence-electron chi connectivity index (χ3n) is 3.32. The zero-order valence-electron chi connectivity index (χ0n) is 11.0. The lowest BCUT2D eigenvalue weighted by atomic mass is 9.82. The first-order valence-corrected chi connectivity index (χ1v) is 6.02. The highest BCUT2D eigenvalue weighted by molar-refractivity contribution is 5.43. The van der Waals surface area contributed by atoms with Crippen molar-refractivity contribution in [3.05, 3.63) is 23.8 Å². The van der Waals surface area contributed by atoms with Crippen molar-refractivity contribution < 1.29 is 9.47 Å². The molecule has 0 saturated carbocycles. The summed E-state index contributed by atoms with van der Waals surface area (Å²) in [7, 11) is 1.66. The maximum absolute atomic E-state index is 6.22. The van der Waals surface area contributed by atoms with E-state index >= 15 is 0 Å². The van der Waals surface area contributed by atoms with Crippen molar-refractivity contribution in [1.82, 2.24) is 0 Å². The molecule has 3 heteroatoms. The molecule has 2 N–H and O–H groups in total. The van der Waals surface area contributed by atoms with Crippen LogP contribution in [0.1, 0.15) is 38.8 Å². The van der Waals surface area contributed by atoms with Crippen molar-refractivity contribution in [2.45, 2.75) is 39.3 Å². The summed E-state index contributed by atoms with van der Waals surface area (Å²) in [6.45, 7) is 6.54. The zero-order chi connectivity index (χ0) is 12.6. The fourth-order valence-electron chi connectivity index (χ4n) is 2.14. The van der Waals surface area contributed by atoms with E-state index in [2.05, 4.69) is 20.8 Å². The normalized spacial score (nSPS) is 23.8. The molecule has 3 nitrogen and oxygen atoms in total. The molecular formula is C14H21NO2. The molecule has 0 radical (unpaired) electrons. The van der Waals surface area contributed by atoms with Crippen LogP contribution in [-0.4, -0.2) is 13.2 Å². The Morgan fingerprint density at radius 3 is 2.65 bits per heavy atom. The molecule has 0 saturated heterocycles. The minimum absolute atomic E-state index is 0.0260. The topological polar surface area (TPSA) is 44.5 Å². The molecule has 0 amide bonds. The van der Waals surface area contributed by atoms with Crippen molar-refractivity contribution in [3.8, 4) is 11.5 Å². The molecule has 1 aliphatic rings. The Balaban J connectivity index is 2.32. The second-order valence-electron chi connectivity index (χ2n) is 5.72. The van der Waals surface area contributed by atoms with Gasteiger partial charge in [-0.15, -0.1) is 0 Å². The van der Waals surface area contributed by atoms with Gasteiger partial charge in [-0.2, -0.15) is 0 Å². The van der Waals surface area contributed by atoms with Gasteiger partial charge in [0.1, 0.15) is 17.6 Å². The lowest BCUT2D eigenvalue weighted by Crippen LogP contribution is -2.38. The molecule has 0 fully saturated rings. The highest BCUT2D eigenvalue weighted by atomic mass is 16.5. The van der Waals surface area contributed by atoms with Gasteiger partial charge in [-0.05, 0) is 23.6 Å². The smallest absolute Gasteiger partial charge is 0.124 e. The standard InChI is InChI=1S/C14H21NO2/c1-14(2,3)13-8-11(15)10-7-9(16-4)5-6-12(10)17-13/h5-7,11,13H,8,15H2,1-4H3/t11-,13?/m0/s1. The van der Waals surface area contributed by atoms with E-state index in [0.717, 1.165) is 23.5 Å². The fourth-order valence-corrected chi connectivity index (χ4v) is 2.14. The van der Waals surface area contributed by atoms with Gasteiger partial charge < -0.3 is 15.2 Å². The number of ether oxygens (including phenoxy) is 2. The van der Waals surface area contributed by atoms with Crippen LogP contribution in [0.15, 0.2) is 18.2 Å². The molecule has 1 aromatic carbocycles. The molecule has 1 unspecified atom stereocenters. The maximum Gasteiger partial charge on any atom is 0.124 e. The first-order chi connectivity index (χ1) is 7.91. The fraction of sp³-hybridized carbons (Fsp3) is 0.571. The largest absolute Gasteiger partial charge is 0.497 e. The van der Waals surface area contributed by atoms with Gasteiger partial charge in [0.15, 0.2) is 0 Å². The van der Waals surface area contributed by atoms with E-state index in [1.165, 1.54) is 0 Å². The average molecular weight is 235 g/mol. The summed E-state index contributed by atoms with van der Waals surface area (Å²) in [6, 6.07) is 5.86. The van der Waals surface area contributed by atoms with E-state index in [4.69, 9.17) is 15.2 Å². The average Bonchev–Trinajstić information content (AvgIpc) is 2.27. The summed E-state index contributed by atoms with van der Waals surface area (Å²) >= 11 is 0. The zero-order valence-corrected chi connectivity index (χ0v) is 11.0. The number of rotatable bonds is 1. The molecule has 2 rings (SSSR count). The molecule has 17 heavy (non-hydrogen) atoms. The Bertz CT molecular complexity index is 409. The van der Waals surface area contributed by atoms with E-state index in [1.807, 2.05) is 18.2 Å². The third-order valence-corrected chi connectivity index (χ3v) is 3.32. The maximum atomic E-state index is 6.22. The van der Waals surface area contributed by atoms with Gasteiger partial charge in [0.2, 0.25) is 0 Å². The summed E-state index contributed by atoms with van der Waals surface area (Å²) in [4.78, 5) is 0. The molecule has 1 aliphatic heterocycles. The van der Waals surface area contributed by atoms with Crippen molar-refractivity contribution in [3.63, 3.8) is 0 Å². The van der Waals surface area contributed by atoms with Crippen LogP contribution in [0.5, 0.6) is 11.5 Å². The monoisotopic (exact) mass is 235 g/mol. The Labute approximate surface area is 103 Å². The summed E-state index contributed by atoms with van der Waals surface area (Å²) in [5.74, 6) is 1.72.